The molecule has 110 valence electrons. The van der Waals surface area contributed by atoms with Crippen LogP contribution in [0, 0.1) is 5.82 Å². The van der Waals surface area contributed by atoms with Crippen molar-refractivity contribution < 1.29 is 18.7 Å². The highest BCUT2D eigenvalue weighted by atomic mass is 19.1. The van der Waals surface area contributed by atoms with E-state index in [0.717, 1.165) is 6.07 Å². The van der Waals surface area contributed by atoms with Gasteiger partial charge in [0.25, 0.3) is 5.91 Å². The number of anilines is 2. The Morgan fingerprint density at radius 3 is 2.52 bits per heavy atom. The number of hydrogen-bond acceptors (Lipinski definition) is 4. The Bertz CT molecular complexity index is 629. The van der Waals surface area contributed by atoms with Crippen LogP contribution in [0.15, 0.2) is 42.5 Å². The highest BCUT2D eigenvalue weighted by Crippen LogP contribution is 2.20. The molecule has 0 saturated carbocycles. The Morgan fingerprint density at radius 1 is 1.19 bits per heavy atom. The van der Waals surface area contributed by atoms with Crippen molar-refractivity contribution in [2.45, 2.75) is 0 Å². The van der Waals surface area contributed by atoms with Gasteiger partial charge in [-0.15, -0.1) is 0 Å². The molecule has 0 aliphatic rings. The van der Waals surface area contributed by atoms with E-state index >= 15 is 0 Å². The van der Waals surface area contributed by atoms with Crippen molar-refractivity contribution in [3.05, 3.63) is 48.3 Å². The largest absolute Gasteiger partial charge is 0.497 e. The lowest BCUT2D eigenvalue weighted by molar-refractivity contribution is -0.118. The summed E-state index contributed by atoms with van der Waals surface area (Å²) in [7, 11) is 1.56. The summed E-state index contributed by atoms with van der Waals surface area (Å²) in [6.45, 7) is -0.206. The topological polar surface area (TPSA) is 73.6 Å². The van der Waals surface area contributed by atoms with Gasteiger partial charge in [-0.05, 0) is 42.5 Å². The third kappa shape index (κ3) is 4.10. The highest BCUT2D eigenvalue weighted by Gasteiger charge is 2.07. The van der Waals surface area contributed by atoms with Crippen LogP contribution in [-0.2, 0) is 4.79 Å². The number of methoxy groups -OCH3 is 1. The molecule has 0 atom stereocenters. The Hall–Kier alpha value is -2.76. The molecule has 1 amide bonds. The van der Waals surface area contributed by atoms with E-state index in [-0.39, 0.29) is 18.0 Å². The normalized spacial score (nSPS) is 10.0. The Balaban J connectivity index is 1.91. The van der Waals surface area contributed by atoms with E-state index in [1.54, 1.807) is 31.4 Å². The molecular formula is C15H15FN2O3. The van der Waals surface area contributed by atoms with Crippen molar-refractivity contribution in [2.75, 3.05) is 24.8 Å². The van der Waals surface area contributed by atoms with Gasteiger partial charge in [0.05, 0.1) is 18.5 Å². The zero-order valence-electron chi connectivity index (χ0n) is 11.4. The minimum atomic E-state index is -0.476. The fraction of sp³-hybridized carbons (Fsp3) is 0.133. The van der Waals surface area contributed by atoms with Crippen LogP contribution in [0.4, 0.5) is 15.8 Å². The van der Waals surface area contributed by atoms with Crippen molar-refractivity contribution in [2.24, 2.45) is 0 Å². The van der Waals surface area contributed by atoms with Gasteiger partial charge < -0.3 is 20.5 Å². The quantitative estimate of drug-likeness (QED) is 0.829. The van der Waals surface area contributed by atoms with Gasteiger partial charge >= 0.3 is 0 Å². The van der Waals surface area contributed by atoms with Crippen LogP contribution in [0.5, 0.6) is 11.5 Å². The van der Waals surface area contributed by atoms with Crippen molar-refractivity contribution in [1.82, 2.24) is 0 Å². The number of carbonyl (C=O) groups is 1. The molecule has 2 rings (SSSR count). The van der Waals surface area contributed by atoms with E-state index in [0.29, 0.717) is 11.5 Å². The molecule has 0 radical (unpaired) electrons. The number of hydrogen-bond donors (Lipinski definition) is 2. The average Bonchev–Trinajstić information content (AvgIpc) is 2.49. The lowest BCUT2D eigenvalue weighted by Gasteiger charge is -2.09. The molecule has 5 nitrogen and oxygen atoms in total. The number of nitrogens with one attached hydrogen (secondary N) is 1. The predicted octanol–water partition coefficient (Wildman–Crippen LogP) is 2.43. The van der Waals surface area contributed by atoms with Crippen LogP contribution in [0.3, 0.4) is 0 Å². The molecule has 21 heavy (non-hydrogen) atoms. The summed E-state index contributed by atoms with van der Waals surface area (Å²) < 4.78 is 23.4. The summed E-state index contributed by atoms with van der Waals surface area (Å²) in [5.74, 6) is 0.316. The van der Waals surface area contributed by atoms with Crippen molar-refractivity contribution >= 4 is 17.3 Å². The third-order valence-electron chi connectivity index (χ3n) is 2.72. The first-order chi connectivity index (χ1) is 10.1. The molecule has 2 aromatic carbocycles. The Labute approximate surface area is 121 Å². The van der Waals surface area contributed by atoms with Gasteiger partial charge in [-0.3, -0.25) is 4.79 Å². The maximum atomic E-state index is 13.1. The number of carbonyl (C=O) groups excluding carboxylic acids is 1. The zero-order chi connectivity index (χ0) is 15.2. The molecule has 2 aromatic rings. The van der Waals surface area contributed by atoms with Crippen molar-refractivity contribution in [3.63, 3.8) is 0 Å². The fourth-order valence-corrected chi connectivity index (χ4v) is 1.64. The molecule has 0 saturated heterocycles. The van der Waals surface area contributed by atoms with E-state index in [1.165, 1.54) is 12.1 Å². The first-order valence-electron chi connectivity index (χ1n) is 6.20. The number of halogens is 1. The second kappa shape index (κ2) is 6.60. The lowest BCUT2D eigenvalue weighted by Crippen LogP contribution is -2.20. The lowest BCUT2D eigenvalue weighted by atomic mass is 10.2. The van der Waals surface area contributed by atoms with Gasteiger partial charge in [0, 0.05) is 0 Å². The maximum absolute atomic E-state index is 13.1. The molecule has 3 N–H and O–H groups in total. The SMILES string of the molecule is COc1ccc(OCC(=O)Nc2cc(F)ccc2N)cc1. The Kier molecular flexibility index (Phi) is 4.61. The molecule has 0 fully saturated rings. The van der Waals surface area contributed by atoms with Crippen LogP contribution in [-0.4, -0.2) is 19.6 Å². The molecule has 0 heterocycles. The summed E-state index contributed by atoms with van der Waals surface area (Å²) in [5.41, 5.74) is 6.15. The van der Waals surface area contributed by atoms with Gasteiger partial charge in [-0.2, -0.15) is 0 Å². The first-order valence-corrected chi connectivity index (χ1v) is 6.20. The molecular weight excluding hydrogens is 275 g/mol. The van der Waals surface area contributed by atoms with Crippen LogP contribution in [0.25, 0.3) is 0 Å². The number of nitrogen functional groups attached to an aromatic ring is 1. The molecule has 6 heteroatoms. The van der Waals surface area contributed by atoms with Crippen molar-refractivity contribution in [3.8, 4) is 11.5 Å². The summed E-state index contributed by atoms with van der Waals surface area (Å²) >= 11 is 0. The smallest absolute Gasteiger partial charge is 0.262 e. The highest BCUT2D eigenvalue weighted by molar-refractivity contribution is 5.94. The van der Waals surface area contributed by atoms with E-state index in [9.17, 15) is 9.18 Å². The Morgan fingerprint density at radius 2 is 1.86 bits per heavy atom. The number of nitrogens with two attached hydrogens (primary N) is 1. The molecule has 0 aliphatic carbocycles. The van der Waals surface area contributed by atoms with E-state index in [2.05, 4.69) is 5.32 Å². The minimum absolute atomic E-state index is 0.206. The van der Waals surface area contributed by atoms with Gasteiger partial charge in [-0.1, -0.05) is 0 Å². The standard InChI is InChI=1S/C15H15FN2O3/c1-20-11-3-5-12(6-4-11)21-9-15(19)18-14-8-10(16)2-7-13(14)17/h2-8H,9,17H2,1H3,(H,18,19). The van der Waals surface area contributed by atoms with Gasteiger partial charge in [0.1, 0.15) is 17.3 Å². The monoisotopic (exact) mass is 290 g/mol. The van der Waals surface area contributed by atoms with Gasteiger partial charge in [-0.25, -0.2) is 4.39 Å². The third-order valence-corrected chi connectivity index (χ3v) is 2.72. The number of ether oxygens (including phenoxy) is 2. The van der Waals surface area contributed by atoms with E-state index in [4.69, 9.17) is 15.2 Å². The number of amides is 1. The first kappa shape index (κ1) is 14.6. The van der Waals surface area contributed by atoms with E-state index in [1.807, 2.05) is 0 Å². The van der Waals surface area contributed by atoms with E-state index < -0.39 is 11.7 Å². The average molecular weight is 290 g/mol. The minimum Gasteiger partial charge on any atom is -0.497 e. The maximum Gasteiger partial charge on any atom is 0.262 e. The van der Waals surface area contributed by atoms with Crippen LogP contribution < -0.4 is 20.5 Å². The second-order valence-corrected chi connectivity index (χ2v) is 4.24. The summed E-state index contributed by atoms with van der Waals surface area (Å²) in [6, 6.07) is 10.6. The molecule has 0 unspecified atom stereocenters. The molecule has 0 bridgehead atoms. The number of rotatable bonds is 5. The van der Waals surface area contributed by atoms with Crippen LogP contribution in [0.2, 0.25) is 0 Å². The van der Waals surface area contributed by atoms with Crippen LogP contribution >= 0.6 is 0 Å². The molecule has 0 aliphatic heterocycles. The summed E-state index contributed by atoms with van der Waals surface area (Å²) in [6.07, 6.45) is 0. The number of benzene rings is 2. The predicted molar refractivity (Wildman–Crippen MR) is 77.9 cm³/mol. The zero-order valence-corrected chi connectivity index (χ0v) is 11.4. The fourth-order valence-electron chi connectivity index (χ4n) is 1.64. The second-order valence-electron chi connectivity index (χ2n) is 4.24. The van der Waals surface area contributed by atoms with Crippen molar-refractivity contribution in [1.29, 1.82) is 0 Å². The molecule has 0 aromatic heterocycles. The summed E-state index contributed by atoms with van der Waals surface area (Å²) in [4.78, 5) is 11.7. The van der Waals surface area contributed by atoms with Crippen LogP contribution in [0.1, 0.15) is 0 Å². The summed E-state index contributed by atoms with van der Waals surface area (Å²) in [5, 5.41) is 2.49. The van der Waals surface area contributed by atoms with Gasteiger partial charge in [0.2, 0.25) is 0 Å². The van der Waals surface area contributed by atoms with Gasteiger partial charge in [0.15, 0.2) is 6.61 Å². The molecule has 0 spiro atoms.